The van der Waals surface area contributed by atoms with Crippen molar-refractivity contribution in [3.8, 4) is 0 Å². The average molecular weight is 226 g/mol. The van der Waals surface area contributed by atoms with Crippen molar-refractivity contribution in [3.63, 3.8) is 0 Å². The summed E-state index contributed by atoms with van der Waals surface area (Å²) in [4.78, 5) is 15.9. The monoisotopic (exact) mass is 226 g/mol. The van der Waals surface area contributed by atoms with E-state index in [1.165, 1.54) is 0 Å². The molecule has 4 nitrogen and oxygen atoms in total. The highest BCUT2D eigenvalue weighted by Crippen LogP contribution is 2.23. The van der Waals surface area contributed by atoms with Crippen LogP contribution in [0.5, 0.6) is 0 Å². The first-order valence-electron chi connectivity index (χ1n) is 5.24. The Bertz CT molecular complexity index is 790. The van der Waals surface area contributed by atoms with E-state index in [4.69, 9.17) is 10.2 Å². The molecule has 1 aromatic carbocycles. The van der Waals surface area contributed by atoms with Crippen molar-refractivity contribution in [1.82, 2.24) is 4.98 Å². The molecule has 3 aromatic rings. The largest absolute Gasteiger partial charge is 0.422 e. The fraction of sp³-hybridized carbons (Fsp3) is 0.0769. The summed E-state index contributed by atoms with van der Waals surface area (Å²) in [6.45, 7) is 1.93. The van der Waals surface area contributed by atoms with Crippen LogP contribution >= 0.6 is 0 Å². The molecule has 2 N–H and O–H groups in total. The molecule has 17 heavy (non-hydrogen) atoms. The van der Waals surface area contributed by atoms with Crippen molar-refractivity contribution in [1.29, 1.82) is 0 Å². The van der Waals surface area contributed by atoms with Crippen LogP contribution in [-0.2, 0) is 0 Å². The van der Waals surface area contributed by atoms with Crippen LogP contribution < -0.4 is 11.4 Å². The Balaban J connectivity index is 2.60. The van der Waals surface area contributed by atoms with Crippen molar-refractivity contribution in [3.05, 3.63) is 46.4 Å². The number of nitrogens with two attached hydrogens (primary N) is 1. The summed E-state index contributed by atoms with van der Waals surface area (Å²) in [6, 6.07) is 7.24. The molecule has 84 valence electrons. The summed E-state index contributed by atoms with van der Waals surface area (Å²) < 4.78 is 5.24. The molecule has 2 aromatic heterocycles. The van der Waals surface area contributed by atoms with Gasteiger partial charge < -0.3 is 10.2 Å². The zero-order chi connectivity index (χ0) is 12.0. The van der Waals surface area contributed by atoms with Gasteiger partial charge in [-0.25, -0.2) is 9.78 Å². The third-order valence-corrected chi connectivity index (χ3v) is 2.77. The minimum absolute atomic E-state index is 0.340. The van der Waals surface area contributed by atoms with Crippen LogP contribution in [0.2, 0.25) is 0 Å². The van der Waals surface area contributed by atoms with Gasteiger partial charge in [-0.05, 0) is 13.0 Å². The van der Waals surface area contributed by atoms with Gasteiger partial charge in [0.2, 0.25) is 0 Å². The molecule has 0 aliphatic carbocycles. The second-order valence-electron chi connectivity index (χ2n) is 4.04. The number of aryl methyl sites for hydroxylation is 1. The van der Waals surface area contributed by atoms with Crippen LogP contribution in [0.1, 0.15) is 5.56 Å². The Hall–Kier alpha value is -2.36. The lowest BCUT2D eigenvalue weighted by Crippen LogP contribution is -2.01. The number of fused-ring (bicyclic) bond motifs is 3. The maximum atomic E-state index is 11.8. The molecule has 0 atom stereocenters. The zero-order valence-electron chi connectivity index (χ0n) is 9.23. The van der Waals surface area contributed by atoms with Gasteiger partial charge in [-0.2, -0.15) is 0 Å². The molecule has 0 radical (unpaired) electrons. The zero-order valence-corrected chi connectivity index (χ0v) is 9.23. The quantitative estimate of drug-likeness (QED) is 0.597. The number of aromatic nitrogens is 1. The third-order valence-electron chi connectivity index (χ3n) is 2.77. The van der Waals surface area contributed by atoms with Crippen molar-refractivity contribution in [2.45, 2.75) is 6.92 Å². The molecule has 0 aliphatic heterocycles. The number of benzene rings is 1. The molecule has 0 aliphatic rings. The lowest BCUT2D eigenvalue weighted by Gasteiger charge is -2.03. The van der Waals surface area contributed by atoms with Crippen molar-refractivity contribution >= 4 is 27.6 Å². The van der Waals surface area contributed by atoms with Gasteiger partial charge in [-0.3, -0.25) is 0 Å². The van der Waals surface area contributed by atoms with Gasteiger partial charge in [-0.15, -0.1) is 0 Å². The van der Waals surface area contributed by atoms with E-state index in [0.717, 1.165) is 16.3 Å². The molecule has 0 spiro atoms. The second kappa shape index (κ2) is 3.31. The van der Waals surface area contributed by atoms with Gasteiger partial charge in [0.25, 0.3) is 0 Å². The number of rotatable bonds is 0. The highest BCUT2D eigenvalue weighted by molar-refractivity contribution is 6.04. The van der Waals surface area contributed by atoms with Crippen molar-refractivity contribution in [2.24, 2.45) is 0 Å². The Morgan fingerprint density at radius 1 is 1.18 bits per heavy atom. The maximum Gasteiger partial charge on any atom is 0.344 e. The Morgan fingerprint density at radius 2 is 2.00 bits per heavy atom. The first-order valence-corrected chi connectivity index (χ1v) is 5.24. The first-order chi connectivity index (χ1) is 8.15. The molecule has 2 heterocycles. The molecule has 0 saturated heterocycles. The van der Waals surface area contributed by atoms with Crippen LogP contribution in [0, 0.1) is 6.92 Å². The van der Waals surface area contributed by atoms with Crippen molar-refractivity contribution in [2.75, 3.05) is 5.73 Å². The summed E-state index contributed by atoms with van der Waals surface area (Å²) in [6.07, 6.45) is 1.63. The van der Waals surface area contributed by atoms with E-state index in [-0.39, 0.29) is 5.63 Å². The molecule has 0 fully saturated rings. The van der Waals surface area contributed by atoms with E-state index >= 15 is 0 Å². The van der Waals surface area contributed by atoms with E-state index in [1.807, 2.05) is 25.1 Å². The molecule has 3 rings (SSSR count). The number of nitrogens with zero attached hydrogens (tertiary/aromatic N) is 1. The first kappa shape index (κ1) is 9.84. The highest BCUT2D eigenvalue weighted by Gasteiger charge is 2.07. The predicted molar refractivity (Wildman–Crippen MR) is 66.9 cm³/mol. The normalized spacial score (nSPS) is 11.1. The summed E-state index contributed by atoms with van der Waals surface area (Å²) in [7, 11) is 0. The molecule has 4 heteroatoms. The summed E-state index contributed by atoms with van der Waals surface area (Å²) in [5, 5.41) is 2.22. The van der Waals surface area contributed by atoms with Crippen LogP contribution in [0.3, 0.4) is 0 Å². The standard InChI is InChI=1S/C13H10N2O2/c1-7-2-3-8-9(4-7)13(16)17-11-5-12(14)15-6-10(8)11/h2-6H,1H3,(H2,14,15). The smallest absolute Gasteiger partial charge is 0.344 e. The van der Waals surface area contributed by atoms with E-state index in [9.17, 15) is 4.79 Å². The topological polar surface area (TPSA) is 69.1 Å². The Labute approximate surface area is 96.7 Å². The van der Waals surface area contributed by atoms with Crippen LogP contribution in [-0.4, -0.2) is 4.98 Å². The minimum Gasteiger partial charge on any atom is -0.422 e. The fourth-order valence-corrected chi connectivity index (χ4v) is 1.96. The summed E-state index contributed by atoms with van der Waals surface area (Å²) in [5.74, 6) is 0.340. The number of anilines is 1. The summed E-state index contributed by atoms with van der Waals surface area (Å²) in [5.41, 5.74) is 6.72. The van der Waals surface area contributed by atoms with Gasteiger partial charge in [-0.1, -0.05) is 17.7 Å². The predicted octanol–water partition coefficient (Wildman–Crippen LogP) is 2.23. The van der Waals surface area contributed by atoms with Gasteiger partial charge in [0.1, 0.15) is 11.4 Å². The molecular formula is C13H10N2O2. The van der Waals surface area contributed by atoms with Gasteiger partial charge in [0.05, 0.1) is 5.39 Å². The Morgan fingerprint density at radius 3 is 2.82 bits per heavy atom. The van der Waals surface area contributed by atoms with Gasteiger partial charge in [0, 0.05) is 23.0 Å². The molecule has 0 unspecified atom stereocenters. The number of pyridine rings is 1. The fourth-order valence-electron chi connectivity index (χ4n) is 1.96. The lowest BCUT2D eigenvalue weighted by atomic mass is 10.1. The third kappa shape index (κ3) is 1.45. The summed E-state index contributed by atoms with van der Waals surface area (Å²) >= 11 is 0. The number of hydrogen-bond donors (Lipinski definition) is 1. The molecular weight excluding hydrogens is 216 g/mol. The average Bonchev–Trinajstić information content (AvgIpc) is 2.29. The highest BCUT2D eigenvalue weighted by atomic mass is 16.4. The van der Waals surface area contributed by atoms with Gasteiger partial charge in [0.15, 0.2) is 0 Å². The van der Waals surface area contributed by atoms with E-state index < -0.39 is 0 Å². The van der Waals surface area contributed by atoms with Crippen molar-refractivity contribution < 1.29 is 4.42 Å². The SMILES string of the molecule is Cc1ccc2c(c1)c(=O)oc1cc(N)ncc12. The van der Waals surface area contributed by atoms with Gasteiger partial charge >= 0.3 is 5.63 Å². The molecule has 0 amide bonds. The second-order valence-corrected chi connectivity index (χ2v) is 4.04. The van der Waals surface area contributed by atoms with Crippen LogP contribution in [0.4, 0.5) is 5.82 Å². The van der Waals surface area contributed by atoms with E-state index in [0.29, 0.717) is 16.8 Å². The lowest BCUT2D eigenvalue weighted by molar-refractivity contribution is 0.569. The number of nitrogen functional groups attached to an aromatic ring is 1. The molecule has 0 bridgehead atoms. The van der Waals surface area contributed by atoms with Crippen LogP contribution in [0.15, 0.2) is 39.7 Å². The van der Waals surface area contributed by atoms with Crippen LogP contribution in [0.25, 0.3) is 21.7 Å². The maximum absolute atomic E-state index is 11.8. The molecule has 0 saturated carbocycles. The van der Waals surface area contributed by atoms with E-state index in [2.05, 4.69) is 4.98 Å². The Kier molecular flexibility index (Phi) is 1.92. The minimum atomic E-state index is -0.346. The number of hydrogen-bond acceptors (Lipinski definition) is 4. The van der Waals surface area contributed by atoms with E-state index in [1.54, 1.807) is 12.3 Å².